The van der Waals surface area contributed by atoms with Gasteiger partial charge in [-0.15, -0.1) is 0 Å². The van der Waals surface area contributed by atoms with Crippen molar-refractivity contribution in [1.29, 1.82) is 0 Å². The zero-order valence-corrected chi connectivity index (χ0v) is 9.93. The van der Waals surface area contributed by atoms with E-state index in [1.54, 1.807) is 0 Å². The van der Waals surface area contributed by atoms with Crippen LogP contribution in [0.5, 0.6) is 0 Å². The first-order valence-electron chi connectivity index (χ1n) is 5.66. The lowest BCUT2D eigenvalue weighted by atomic mass is 10.1. The Balaban J connectivity index is 1.94. The zero-order chi connectivity index (χ0) is 14.0. The smallest absolute Gasteiger partial charge is 0.389 e. The minimum absolute atomic E-state index is 0.125. The van der Waals surface area contributed by atoms with Gasteiger partial charge < -0.3 is 20.1 Å². The lowest BCUT2D eigenvalue weighted by Crippen LogP contribution is -2.32. The van der Waals surface area contributed by atoms with E-state index in [4.69, 9.17) is 5.11 Å². The topological polar surface area (TPSA) is 119 Å². The molecular weight excluding hydrogens is 256 g/mol. The second-order valence-electron chi connectivity index (χ2n) is 4.29. The van der Waals surface area contributed by atoms with Crippen molar-refractivity contribution < 1.29 is 19.6 Å². The van der Waals surface area contributed by atoms with Crippen molar-refractivity contribution in [2.24, 2.45) is 5.92 Å². The molecule has 0 radical (unpaired) electrons. The summed E-state index contributed by atoms with van der Waals surface area (Å²) in [5, 5.41) is 22.9. The van der Waals surface area contributed by atoms with Gasteiger partial charge in [0.05, 0.1) is 23.3 Å². The number of amides is 1. The van der Waals surface area contributed by atoms with Crippen LogP contribution in [-0.2, 0) is 16.1 Å². The molecule has 2 heterocycles. The highest BCUT2D eigenvalue weighted by molar-refractivity contribution is 5.78. The van der Waals surface area contributed by atoms with Gasteiger partial charge in [0.25, 0.3) is 0 Å². The average molecular weight is 268 g/mol. The molecule has 1 amide bonds. The highest BCUT2D eigenvalue weighted by Crippen LogP contribution is 2.16. The van der Waals surface area contributed by atoms with Crippen molar-refractivity contribution in [3.63, 3.8) is 0 Å². The van der Waals surface area contributed by atoms with Crippen molar-refractivity contribution in [3.05, 3.63) is 22.4 Å². The number of likely N-dealkylation sites (tertiary alicyclic amines) is 1. The van der Waals surface area contributed by atoms with E-state index in [-0.39, 0.29) is 24.8 Å². The van der Waals surface area contributed by atoms with Crippen LogP contribution in [0, 0.1) is 16.0 Å². The molecular formula is C10H12N4O5. The van der Waals surface area contributed by atoms with Crippen molar-refractivity contribution >= 4 is 17.7 Å². The number of nitro groups is 1. The monoisotopic (exact) mass is 268 g/mol. The summed E-state index contributed by atoms with van der Waals surface area (Å²) in [6.07, 6.45) is 1.78. The summed E-state index contributed by atoms with van der Waals surface area (Å²) in [5.41, 5.74) is 0. The van der Waals surface area contributed by atoms with E-state index in [9.17, 15) is 19.7 Å². The normalized spacial score (nSPS) is 18.5. The van der Waals surface area contributed by atoms with E-state index in [0.29, 0.717) is 13.0 Å². The fourth-order valence-electron chi connectivity index (χ4n) is 1.96. The predicted molar refractivity (Wildman–Crippen MR) is 61.2 cm³/mol. The van der Waals surface area contributed by atoms with Crippen LogP contribution in [0.2, 0.25) is 0 Å². The molecule has 1 fully saturated rings. The number of hydrogen-bond donors (Lipinski definition) is 1. The molecule has 1 aliphatic heterocycles. The van der Waals surface area contributed by atoms with Gasteiger partial charge in [0.1, 0.15) is 6.54 Å². The summed E-state index contributed by atoms with van der Waals surface area (Å²) in [7, 11) is 0. The highest BCUT2D eigenvalue weighted by atomic mass is 16.6. The molecule has 1 aromatic rings. The van der Waals surface area contributed by atoms with Gasteiger partial charge in [-0.3, -0.25) is 9.59 Å². The number of carboxylic acids is 1. The molecule has 0 bridgehead atoms. The fraction of sp³-hybridized carbons (Fsp3) is 0.500. The summed E-state index contributed by atoms with van der Waals surface area (Å²) in [5.74, 6) is -2.06. The van der Waals surface area contributed by atoms with Crippen molar-refractivity contribution in [1.82, 2.24) is 14.7 Å². The van der Waals surface area contributed by atoms with Crippen LogP contribution in [0.3, 0.4) is 0 Å². The summed E-state index contributed by atoms with van der Waals surface area (Å²) >= 11 is 0. The first kappa shape index (κ1) is 13.0. The summed E-state index contributed by atoms with van der Waals surface area (Å²) in [6, 6.07) is 1.21. The van der Waals surface area contributed by atoms with E-state index in [1.165, 1.54) is 21.8 Å². The Labute approximate surface area is 107 Å². The molecule has 102 valence electrons. The second kappa shape index (κ2) is 5.04. The third kappa shape index (κ3) is 2.87. The third-order valence-corrected chi connectivity index (χ3v) is 3.00. The second-order valence-corrected chi connectivity index (χ2v) is 4.29. The first-order chi connectivity index (χ1) is 8.97. The number of aliphatic carboxylic acids is 1. The maximum atomic E-state index is 11.9. The predicted octanol–water partition coefficient (Wildman–Crippen LogP) is -0.276. The molecule has 9 nitrogen and oxygen atoms in total. The molecule has 1 saturated heterocycles. The van der Waals surface area contributed by atoms with Crippen LogP contribution < -0.4 is 0 Å². The number of rotatable bonds is 4. The minimum Gasteiger partial charge on any atom is -0.481 e. The largest absolute Gasteiger partial charge is 0.481 e. The average Bonchev–Trinajstić information content (AvgIpc) is 2.96. The number of carbonyl (C=O) groups excluding carboxylic acids is 1. The Kier molecular flexibility index (Phi) is 3.45. The van der Waals surface area contributed by atoms with Crippen molar-refractivity contribution in [2.45, 2.75) is 13.0 Å². The number of hydrogen-bond acceptors (Lipinski definition) is 5. The maximum absolute atomic E-state index is 11.9. The Morgan fingerprint density at radius 1 is 1.58 bits per heavy atom. The zero-order valence-electron chi connectivity index (χ0n) is 9.93. The SMILES string of the molecule is O=C(O)C1CCN(C(=O)Cn2ccc([N+](=O)[O-])n2)C1. The van der Waals surface area contributed by atoms with Gasteiger partial charge in [-0.05, 0) is 11.3 Å². The van der Waals surface area contributed by atoms with Gasteiger partial charge in [0.2, 0.25) is 5.91 Å². The molecule has 1 N–H and O–H groups in total. The molecule has 19 heavy (non-hydrogen) atoms. The number of nitrogens with zero attached hydrogens (tertiary/aromatic N) is 4. The third-order valence-electron chi connectivity index (χ3n) is 3.00. The van der Waals surface area contributed by atoms with E-state index in [0.717, 1.165) is 0 Å². The molecule has 1 aromatic heterocycles. The fourth-order valence-corrected chi connectivity index (χ4v) is 1.96. The van der Waals surface area contributed by atoms with Crippen LogP contribution >= 0.6 is 0 Å². The highest BCUT2D eigenvalue weighted by Gasteiger charge is 2.31. The Morgan fingerprint density at radius 3 is 2.84 bits per heavy atom. The molecule has 9 heteroatoms. The molecule has 1 atom stereocenters. The standard InChI is InChI=1S/C10H12N4O5/c15-9(12-3-1-7(5-12)10(16)17)6-13-4-2-8(11-13)14(18)19/h2,4,7H,1,3,5-6H2,(H,16,17). The Morgan fingerprint density at radius 2 is 2.32 bits per heavy atom. The first-order valence-corrected chi connectivity index (χ1v) is 5.66. The van der Waals surface area contributed by atoms with Crippen LogP contribution in [0.25, 0.3) is 0 Å². The summed E-state index contributed by atoms with van der Waals surface area (Å²) < 4.78 is 1.18. The van der Waals surface area contributed by atoms with Gasteiger partial charge in [-0.25, -0.2) is 0 Å². The summed E-state index contributed by atoms with van der Waals surface area (Å²) in [4.78, 5) is 33.9. The molecule has 2 rings (SSSR count). The molecule has 0 aromatic carbocycles. The molecule has 0 aliphatic carbocycles. The van der Waals surface area contributed by atoms with Gasteiger partial charge in [0, 0.05) is 13.1 Å². The van der Waals surface area contributed by atoms with Crippen LogP contribution in [0.15, 0.2) is 12.3 Å². The Hall–Kier alpha value is -2.45. The van der Waals surface area contributed by atoms with Crippen molar-refractivity contribution in [2.75, 3.05) is 13.1 Å². The maximum Gasteiger partial charge on any atom is 0.389 e. The molecule has 1 aliphatic rings. The quantitative estimate of drug-likeness (QED) is 0.592. The molecule has 1 unspecified atom stereocenters. The van der Waals surface area contributed by atoms with Crippen LogP contribution in [0.1, 0.15) is 6.42 Å². The van der Waals surface area contributed by atoms with E-state index >= 15 is 0 Å². The lowest BCUT2D eigenvalue weighted by molar-refractivity contribution is -0.389. The van der Waals surface area contributed by atoms with E-state index in [1.807, 2.05) is 0 Å². The van der Waals surface area contributed by atoms with Gasteiger partial charge in [0.15, 0.2) is 0 Å². The number of carbonyl (C=O) groups is 2. The minimum atomic E-state index is -0.912. The molecule has 0 saturated carbocycles. The van der Waals surface area contributed by atoms with E-state index < -0.39 is 16.8 Å². The van der Waals surface area contributed by atoms with Crippen molar-refractivity contribution in [3.8, 4) is 0 Å². The number of aromatic nitrogens is 2. The van der Waals surface area contributed by atoms with Crippen LogP contribution in [-0.4, -0.2) is 49.7 Å². The Bertz CT molecular complexity index is 526. The van der Waals surface area contributed by atoms with E-state index in [2.05, 4.69) is 5.10 Å². The van der Waals surface area contributed by atoms with Gasteiger partial charge in [-0.1, -0.05) is 0 Å². The van der Waals surface area contributed by atoms with Gasteiger partial charge >= 0.3 is 11.8 Å². The summed E-state index contributed by atoms with van der Waals surface area (Å²) in [6.45, 7) is 0.441. The lowest BCUT2D eigenvalue weighted by Gasteiger charge is -2.14. The molecule has 0 spiro atoms. The van der Waals surface area contributed by atoms with Gasteiger partial charge in [-0.2, -0.15) is 4.68 Å². The number of carboxylic acid groups (broad SMARTS) is 1. The van der Waals surface area contributed by atoms with Crippen LogP contribution in [0.4, 0.5) is 5.82 Å².